The summed E-state index contributed by atoms with van der Waals surface area (Å²) in [6.45, 7) is 18.9. The Bertz CT molecular complexity index is 3800. The molecule has 0 amide bonds. The number of aryl methyl sites for hydroxylation is 4. The lowest BCUT2D eigenvalue weighted by Gasteiger charge is -2.31. The Kier molecular flexibility index (Phi) is 31.9. The maximum absolute atomic E-state index is 5.33. The standard InChI is InChI=1S/C92H132N2S7/c1-9-15-21-27-33-35-37-39-41-47-53-69-73-61-67(7)95-85(73)70(54-48-42-40-38-36-34-28-22-16-10-2)74-63-81(99-86(69)74)82-66-78-90(100-82)89-77(92(78,59-51-45-31-25-19-13-5)60-52-46-32-26-20-14-6)65-80(98-89)72-56-55-71(83-84(72)94-101-93-83)79-64-76-88(97-79)87-75(62-68(8)96-87)91(76,57-49-43-29-23-17-11-3)58-50-44-30-24-18-12-4/h55-56,61-66H,9-54,57-60H2,1-8H3. The number of nitrogens with zero attached hydrogens (tertiary/aromatic N) is 2. The lowest BCUT2D eigenvalue weighted by Crippen LogP contribution is -2.25. The third-order valence-corrected chi connectivity index (χ3v) is 31.8. The maximum Gasteiger partial charge on any atom is 0.114 e. The van der Waals surface area contributed by atoms with Crippen molar-refractivity contribution < 1.29 is 0 Å². The van der Waals surface area contributed by atoms with E-state index < -0.39 is 0 Å². The van der Waals surface area contributed by atoms with Crippen molar-refractivity contribution >= 4 is 111 Å². The largest absolute Gasteiger partial charge is 0.172 e. The number of hydrogen-bond acceptors (Lipinski definition) is 9. The van der Waals surface area contributed by atoms with E-state index >= 15 is 0 Å². The Labute approximate surface area is 643 Å². The molecule has 0 saturated carbocycles. The van der Waals surface area contributed by atoms with E-state index in [0.717, 1.165) is 11.0 Å². The predicted octanol–water partition coefficient (Wildman–Crippen LogP) is 34.4. The topological polar surface area (TPSA) is 25.8 Å². The minimum absolute atomic E-state index is 0.00918. The van der Waals surface area contributed by atoms with Crippen molar-refractivity contribution in [3.05, 3.63) is 91.7 Å². The molecule has 2 aliphatic rings. The molecular formula is C92H132N2S7. The molecule has 0 spiro atoms. The molecule has 7 aromatic heterocycles. The van der Waals surface area contributed by atoms with Crippen LogP contribution < -0.4 is 0 Å². The quantitative estimate of drug-likeness (QED) is 0.0355. The van der Waals surface area contributed by atoms with Crippen LogP contribution in [0.1, 0.15) is 393 Å². The first-order valence-electron chi connectivity index (χ1n) is 42.5. The van der Waals surface area contributed by atoms with Gasteiger partial charge in [-0.2, -0.15) is 8.75 Å². The number of rotatable bonds is 53. The number of unbranched alkanes of at least 4 members (excludes halogenated alkanes) is 38. The van der Waals surface area contributed by atoms with Crippen molar-refractivity contribution in [3.63, 3.8) is 0 Å². The van der Waals surface area contributed by atoms with Gasteiger partial charge in [-0.05, 0) is 146 Å². The van der Waals surface area contributed by atoms with Gasteiger partial charge in [0.15, 0.2) is 0 Å². The fourth-order valence-electron chi connectivity index (χ4n) is 18.1. The van der Waals surface area contributed by atoms with Crippen LogP contribution in [-0.2, 0) is 23.7 Å². The molecule has 2 aromatic carbocycles. The van der Waals surface area contributed by atoms with Crippen LogP contribution in [0.15, 0.2) is 48.5 Å². The van der Waals surface area contributed by atoms with Gasteiger partial charge in [0.1, 0.15) is 11.0 Å². The maximum atomic E-state index is 5.33. The molecule has 0 bridgehead atoms. The Balaban J connectivity index is 0.954. The lowest BCUT2D eigenvalue weighted by molar-refractivity contribution is 0.398. The molecular weight excluding hydrogens is 1360 g/mol. The van der Waals surface area contributed by atoms with Crippen LogP contribution in [0.2, 0.25) is 0 Å². The Morgan fingerprint density at radius 3 is 0.950 bits per heavy atom. The van der Waals surface area contributed by atoms with E-state index in [2.05, 4.69) is 172 Å². The highest BCUT2D eigenvalue weighted by atomic mass is 32.1. The summed E-state index contributed by atoms with van der Waals surface area (Å²) in [7, 11) is 0. The molecule has 0 saturated heterocycles. The highest BCUT2D eigenvalue weighted by Crippen LogP contribution is 2.64. The third-order valence-electron chi connectivity index (χ3n) is 23.9. The van der Waals surface area contributed by atoms with Gasteiger partial charge >= 0.3 is 0 Å². The van der Waals surface area contributed by atoms with Crippen molar-refractivity contribution in [1.82, 2.24) is 8.75 Å². The zero-order chi connectivity index (χ0) is 70.2. The first-order valence-corrected chi connectivity index (χ1v) is 48.1. The van der Waals surface area contributed by atoms with Gasteiger partial charge in [-0.25, -0.2) is 0 Å². The van der Waals surface area contributed by atoms with Gasteiger partial charge in [-0.3, -0.25) is 0 Å². The number of thiophene rings is 6. The van der Waals surface area contributed by atoms with Crippen molar-refractivity contribution in [2.45, 2.75) is 387 Å². The molecule has 0 N–H and O–H groups in total. The summed E-state index contributed by atoms with van der Waals surface area (Å²) in [6.07, 6.45) is 67.3. The molecule has 0 atom stereocenters. The molecule has 552 valence electrons. The molecule has 0 aliphatic heterocycles. The summed E-state index contributed by atoms with van der Waals surface area (Å²) in [5.41, 5.74) is 14.8. The zero-order valence-corrected chi connectivity index (χ0v) is 70.4. The van der Waals surface area contributed by atoms with Crippen molar-refractivity contribution in [2.24, 2.45) is 0 Å². The fraction of sp³-hybridized carbons (Fsp3) is 0.652. The molecule has 0 radical (unpaired) electrons. The van der Waals surface area contributed by atoms with Gasteiger partial charge in [-0.1, -0.05) is 323 Å². The zero-order valence-electron chi connectivity index (χ0n) is 64.7. The smallest absolute Gasteiger partial charge is 0.114 e. The Morgan fingerprint density at radius 2 is 0.564 bits per heavy atom. The minimum Gasteiger partial charge on any atom is -0.172 e. The molecule has 0 unspecified atom stereocenters. The van der Waals surface area contributed by atoms with Crippen LogP contribution in [0, 0.1) is 13.8 Å². The fourth-order valence-corrected chi connectivity index (χ4v) is 26.4. The highest BCUT2D eigenvalue weighted by Gasteiger charge is 2.47. The lowest BCUT2D eigenvalue weighted by atomic mass is 9.71. The van der Waals surface area contributed by atoms with E-state index in [1.54, 1.807) is 73.1 Å². The summed E-state index contributed by atoms with van der Waals surface area (Å²) >= 11 is 14.1. The minimum atomic E-state index is 0.00918. The molecule has 101 heavy (non-hydrogen) atoms. The highest BCUT2D eigenvalue weighted by molar-refractivity contribution is 7.29. The first-order chi connectivity index (χ1) is 49.7. The van der Waals surface area contributed by atoms with Crippen LogP contribution >= 0.6 is 79.7 Å². The number of hydrogen-bond donors (Lipinski definition) is 0. The number of benzene rings is 2. The molecule has 7 heterocycles. The summed E-state index contributed by atoms with van der Waals surface area (Å²) in [5.74, 6) is 0. The van der Waals surface area contributed by atoms with Gasteiger partial charge in [-0.15, -0.1) is 68.0 Å². The van der Waals surface area contributed by atoms with E-state index in [1.165, 1.54) is 373 Å². The second kappa shape index (κ2) is 40.8. The van der Waals surface area contributed by atoms with E-state index in [0.29, 0.717) is 0 Å². The number of aromatic nitrogens is 2. The van der Waals surface area contributed by atoms with Crippen LogP contribution in [-0.4, -0.2) is 8.75 Å². The van der Waals surface area contributed by atoms with Crippen molar-refractivity contribution in [2.75, 3.05) is 0 Å². The van der Waals surface area contributed by atoms with Gasteiger partial charge < -0.3 is 0 Å². The SMILES string of the molecule is CCCCCCCCCCCCc1c2cc(-c3cc4c(s3)-c3sc(-c5ccc(-c6cc7c(s6)-c6sc(C)cc6C7(CCCCCCCC)CCCCCCCC)c6nsnc56)cc3C4(CCCCCCCC)CCCCCCCC)sc2c(CCCCCCCCCCCC)c2cc(C)sc12. The molecule has 2 aliphatic carbocycles. The Morgan fingerprint density at radius 1 is 0.277 bits per heavy atom. The van der Waals surface area contributed by atoms with Gasteiger partial charge in [0.05, 0.1) is 11.7 Å². The monoisotopic (exact) mass is 1490 g/mol. The summed E-state index contributed by atoms with van der Waals surface area (Å²) in [6, 6.07) is 21.1. The van der Waals surface area contributed by atoms with Crippen molar-refractivity contribution in [1.29, 1.82) is 0 Å². The average molecular weight is 1490 g/mol. The van der Waals surface area contributed by atoms with Crippen molar-refractivity contribution in [3.8, 4) is 50.1 Å². The average Bonchev–Trinajstić information content (AvgIpc) is 1.55. The van der Waals surface area contributed by atoms with Gasteiger partial charge in [0, 0.05) is 80.1 Å². The second-order valence-corrected chi connectivity index (χ2v) is 39.0. The molecule has 9 aromatic rings. The summed E-state index contributed by atoms with van der Waals surface area (Å²) < 4.78 is 13.9. The second-order valence-electron chi connectivity index (χ2n) is 31.8. The van der Waals surface area contributed by atoms with Crippen LogP contribution in [0.4, 0.5) is 0 Å². The number of fused-ring (bicyclic) bond motifs is 9. The summed E-state index contributed by atoms with van der Waals surface area (Å²) in [4.78, 5) is 15.1. The summed E-state index contributed by atoms with van der Waals surface area (Å²) in [5, 5.41) is 3.19. The van der Waals surface area contributed by atoms with E-state index in [-0.39, 0.29) is 10.8 Å². The molecule has 11 rings (SSSR count). The molecule has 2 nitrogen and oxygen atoms in total. The van der Waals surface area contributed by atoms with E-state index in [1.807, 2.05) is 0 Å². The first kappa shape index (κ1) is 79.0. The Hall–Kier alpha value is -3.02. The molecule has 9 heteroatoms. The normalized spacial score (nSPS) is 13.7. The van der Waals surface area contributed by atoms with Gasteiger partial charge in [0.25, 0.3) is 0 Å². The van der Waals surface area contributed by atoms with Gasteiger partial charge in [0.2, 0.25) is 0 Å². The van der Waals surface area contributed by atoms with E-state index in [4.69, 9.17) is 8.75 Å². The van der Waals surface area contributed by atoms with E-state index in [9.17, 15) is 0 Å². The van der Waals surface area contributed by atoms with Crippen LogP contribution in [0.25, 0.3) is 81.3 Å². The predicted molar refractivity (Wildman–Crippen MR) is 461 cm³/mol. The van der Waals surface area contributed by atoms with Crippen LogP contribution in [0.3, 0.4) is 0 Å². The molecule has 0 fully saturated rings. The van der Waals surface area contributed by atoms with Crippen LogP contribution in [0.5, 0.6) is 0 Å². The third kappa shape index (κ3) is 19.5.